The number of nitrogens with zero attached hydrogens (tertiary/aromatic N) is 2. The summed E-state index contributed by atoms with van der Waals surface area (Å²) in [6.07, 6.45) is 6.02. The molecule has 0 aliphatic rings. The summed E-state index contributed by atoms with van der Waals surface area (Å²) in [5.41, 5.74) is 2.13. The van der Waals surface area contributed by atoms with Crippen molar-refractivity contribution in [3.63, 3.8) is 0 Å². The van der Waals surface area contributed by atoms with Gasteiger partial charge in [-0.15, -0.1) is 0 Å². The van der Waals surface area contributed by atoms with Crippen LogP contribution < -0.4 is 0 Å². The molecule has 0 saturated carbocycles. The van der Waals surface area contributed by atoms with E-state index in [0.29, 0.717) is 10.0 Å². The molecule has 2 aromatic rings. The Hall–Kier alpha value is -0.990. The fourth-order valence-electron chi connectivity index (χ4n) is 1.72. The molecule has 1 aromatic carbocycles. The Bertz CT molecular complexity index is 506. The van der Waals surface area contributed by atoms with Crippen molar-refractivity contribution in [2.75, 3.05) is 0 Å². The van der Waals surface area contributed by atoms with Gasteiger partial charge in [-0.1, -0.05) is 42.6 Å². The second-order valence-electron chi connectivity index (χ2n) is 3.95. The van der Waals surface area contributed by atoms with Crippen LogP contribution in [0.1, 0.15) is 19.8 Å². The van der Waals surface area contributed by atoms with Crippen molar-refractivity contribution in [2.24, 2.45) is 0 Å². The van der Waals surface area contributed by atoms with E-state index in [2.05, 4.69) is 16.5 Å². The number of imidazole rings is 1. The molecule has 2 nitrogen and oxygen atoms in total. The summed E-state index contributed by atoms with van der Waals surface area (Å²) in [4.78, 5) is 4.19. The smallest absolute Gasteiger partial charge is 0.0950 e. The van der Waals surface area contributed by atoms with Crippen LogP contribution in [-0.2, 0) is 6.54 Å². The van der Waals surface area contributed by atoms with E-state index >= 15 is 0 Å². The minimum atomic E-state index is 0.576. The predicted octanol–water partition coefficient (Wildman–Crippen LogP) is 4.66. The van der Waals surface area contributed by atoms with Gasteiger partial charge < -0.3 is 4.57 Å². The molecule has 1 aromatic heterocycles. The first-order valence-corrected chi connectivity index (χ1v) is 6.43. The highest BCUT2D eigenvalue weighted by Gasteiger charge is 2.06. The summed E-state index contributed by atoms with van der Waals surface area (Å²) in [6.45, 7) is 3.15. The third-order valence-corrected chi connectivity index (χ3v) is 3.42. The second-order valence-corrected chi connectivity index (χ2v) is 4.77. The maximum atomic E-state index is 6.03. The topological polar surface area (TPSA) is 17.8 Å². The van der Waals surface area contributed by atoms with Gasteiger partial charge >= 0.3 is 0 Å². The van der Waals surface area contributed by atoms with Crippen molar-refractivity contribution < 1.29 is 0 Å². The number of unbranched alkanes of at least 4 members (excludes halogenated alkanes) is 1. The van der Waals surface area contributed by atoms with Crippen LogP contribution in [0.3, 0.4) is 0 Å². The number of aryl methyl sites for hydroxylation is 1. The van der Waals surface area contributed by atoms with Gasteiger partial charge in [-0.2, -0.15) is 0 Å². The predicted molar refractivity (Wildman–Crippen MR) is 72.6 cm³/mol. The van der Waals surface area contributed by atoms with Gasteiger partial charge in [-0.05, 0) is 18.6 Å². The van der Waals surface area contributed by atoms with Crippen LogP contribution in [0, 0.1) is 0 Å². The van der Waals surface area contributed by atoms with E-state index in [4.69, 9.17) is 23.2 Å². The van der Waals surface area contributed by atoms with E-state index < -0.39 is 0 Å². The summed E-state index contributed by atoms with van der Waals surface area (Å²) >= 11 is 11.9. The molecule has 0 aliphatic heterocycles. The molecule has 0 aliphatic carbocycles. The van der Waals surface area contributed by atoms with Crippen molar-refractivity contribution in [2.45, 2.75) is 26.3 Å². The quantitative estimate of drug-likeness (QED) is 0.789. The Balaban J connectivity index is 2.32. The SMILES string of the molecule is CCCCn1cncc1-c1ccc(Cl)c(Cl)c1. The van der Waals surface area contributed by atoms with Crippen molar-refractivity contribution in [1.82, 2.24) is 9.55 Å². The van der Waals surface area contributed by atoms with E-state index in [1.54, 1.807) is 0 Å². The number of rotatable bonds is 4. The highest BCUT2D eigenvalue weighted by Crippen LogP contribution is 2.28. The summed E-state index contributed by atoms with van der Waals surface area (Å²) in [5, 5.41) is 1.16. The second kappa shape index (κ2) is 5.56. The molecule has 0 spiro atoms. The van der Waals surface area contributed by atoms with Gasteiger partial charge in [0.25, 0.3) is 0 Å². The minimum absolute atomic E-state index is 0.576. The molecule has 17 heavy (non-hydrogen) atoms. The molecule has 1 heterocycles. The first-order valence-electron chi connectivity index (χ1n) is 5.68. The Morgan fingerprint density at radius 2 is 2.06 bits per heavy atom. The van der Waals surface area contributed by atoms with Gasteiger partial charge in [0.15, 0.2) is 0 Å². The van der Waals surface area contributed by atoms with Gasteiger partial charge in [0, 0.05) is 12.1 Å². The lowest BCUT2D eigenvalue weighted by Gasteiger charge is -2.08. The molecule has 0 amide bonds. The Kier molecular flexibility index (Phi) is 4.08. The van der Waals surface area contributed by atoms with Crippen LogP contribution in [0.25, 0.3) is 11.3 Å². The molecule has 0 fully saturated rings. The Labute approximate surface area is 111 Å². The Morgan fingerprint density at radius 3 is 2.76 bits per heavy atom. The average molecular weight is 269 g/mol. The number of hydrogen-bond donors (Lipinski definition) is 0. The molecule has 90 valence electrons. The standard InChI is InChI=1S/C13H14Cl2N2/c1-2-3-6-17-9-16-8-13(17)10-4-5-11(14)12(15)7-10/h4-5,7-9H,2-3,6H2,1H3. The van der Waals surface area contributed by atoms with Crippen molar-refractivity contribution in [3.05, 3.63) is 40.8 Å². The highest BCUT2D eigenvalue weighted by molar-refractivity contribution is 6.42. The zero-order chi connectivity index (χ0) is 12.3. The molecule has 0 unspecified atom stereocenters. The van der Waals surface area contributed by atoms with Crippen LogP contribution in [0.4, 0.5) is 0 Å². The number of halogens is 2. The zero-order valence-corrected chi connectivity index (χ0v) is 11.2. The molecule has 4 heteroatoms. The molecule has 0 atom stereocenters. The van der Waals surface area contributed by atoms with Crippen molar-refractivity contribution in [1.29, 1.82) is 0 Å². The van der Waals surface area contributed by atoms with E-state index in [-0.39, 0.29) is 0 Å². The summed E-state index contributed by atoms with van der Waals surface area (Å²) in [7, 11) is 0. The van der Waals surface area contributed by atoms with Gasteiger partial charge in [0.2, 0.25) is 0 Å². The Morgan fingerprint density at radius 1 is 1.24 bits per heavy atom. The normalized spacial score (nSPS) is 10.8. The first-order chi connectivity index (χ1) is 8.22. The molecular weight excluding hydrogens is 255 g/mol. The summed E-state index contributed by atoms with van der Waals surface area (Å²) in [5.74, 6) is 0. The van der Waals surface area contributed by atoms with Gasteiger partial charge in [0.05, 0.1) is 28.3 Å². The lowest BCUT2D eigenvalue weighted by atomic mass is 10.1. The largest absolute Gasteiger partial charge is 0.331 e. The van der Waals surface area contributed by atoms with Crippen LogP contribution in [0.15, 0.2) is 30.7 Å². The monoisotopic (exact) mass is 268 g/mol. The maximum absolute atomic E-state index is 6.03. The van der Waals surface area contributed by atoms with E-state index in [9.17, 15) is 0 Å². The van der Waals surface area contributed by atoms with Crippen LogP contribution in [0.2, 0.25) is 10.0 Å². The van der Waals surface area contributed by atoms with E-state index in [0.717, 1.165) is 24.2 Å². The van der Waals surface area contributed by atoms with E-state index in [1.165, 1.54) is 6.42 Å². The lowest BCUT2D eigenvalue weighted by Crippen LogP contribution is -1.98. The summed E-state index contributed by atoms with van der Waals surface area (Å²) < 4.78 is 2.14. The van der Waals surface area contributed by atoms with Crippen LogP contribution in [-0.4, -0.2) is 9.55 Å². The first kappa shape index (κ1) is 12.5. The highest BCUT2D eigenvalue weighted by atomic mass is 35.5. The zero-order valence-electron chi connectivity index (χ0n) is 9.66. The minimum Gasteiger partial charge on any atom is -0.331 e. The molecule has 0 saturated heterocycles. The fourth-order valence-corrected chi connectivity index (χ4v) is 2.02. The molecule has 0 N–H and O–H groups in total. The third kappa shape index (κ3) is 2.82. The summed E-state index contributed by atoms with van der Waals surface area (Å²) in [6, 6.07) is 5.66. The molecule has 0 bridgehead atoms. The average Bonchev–Trinajstić information content (AvgIpc) is 2.78. The maximum Gasteiger partial charge on any atom is 0.0950 e. The molecular formula is C13H14Cl2N2. The molecule has 2 rings (SSSR count). The van der Waals surface area contributed by atoms with Crippen molar-refractivity contribution in [3.8, 4) is 11.3 Å². The fraction of sp³-hybridized carbons (Fsp3) is 0.308. The number of hydrogen-bond acceptors (Lipinski definition) is 1. The van der Waals surface area contributed by atoms with Gasteiger partial charge in [-0.25, -0.2) is 4.98 Å². The van der Waals surface area contributed by atoms with Crippen LogP contribution >= 0.6 is 23.2 Å². The van der Waals surface area contributed by atoms with Crippen molar-refractivity contribution >= 4 is 23.2 Å². The van der Waals surface area contributed by atoms with Gasteiger partial charge in [-0.3, -0.25) is 0 Å². The van der Waals surface area contributed by atoms with Crippen LogP contribution in [0.5, 0.6) is 0 Å². The third-order valence-electron chi connectivity index (χ3n) is 2.68. The van der Waals surface area contributed by atoms with E-state index in [1.807, 2.05) is 30.7 Å². The number of aromatic nitrogens is 2. The van der Waals surface area contributed by atoms with Gasteiger partial charge in [0.1, 0.15) is 0 Å². The molecule has 0 radical (unpaired) electrons. The lowest BCUT2D eigenvalue weighted by molar-refractivity contribution is 0.636. The number of benzene rings is 1.